The second kappa shape index (κ2) is 6.70. The van der Waals surface area contributed by atoms with Crippen LogP contribution in [0.1, 0.15) is 40.7 Å². The zero-order chi connectivity index (χ0) is 23.9. The lowest BCUT2D eigenvalue weighted by Gasteiger charge is -2.52. The molecule has 0 unspecified atom stereocenters. The molecule has 1 heterocycles. The number of nitrogens with zero attached hydrogens (tertiary/aromatic N) is 2. The third-order valence-electron chi connectivity index (χ3n) is 7.74. The average molecular weight is 452 g/mol. The second-order valence-corrected chi connectivity index (χ2v) is 9.28. The minimum atomic E-state index is -1.33. The molecule has 7 nitrogen and oxygen atoms in total. The molecule has 0 radical (unpaired) electrons. The Hall–Kier alpha value is -4.13. The van der Waals surface area contributed by atoms with Crippen molar-refractivity contribution in [3.63, 3.8) is 0 Å². The summed E-state index contributed by atoms with van der Waals surface area (Å²) in [6.07, 6.45) is 0. The van der Waals surface area contributed by atoms with E-state index in [0.717, 1.165) is 27.2 Å². The van der Waals surface area contributed by atoms with Gasteiger partial charge in [0.25, 0.3) is 5.69 Å². The summed E-state index contributed by atoms with van der Waals surface area (Å²) >= 11 is 0. The Morgan fingerprint density at radius 3 is 2.09 bits per heavy atom. The first kappa shape index (κ1) is 20.5. The summed E-state index contributed by atoms with van der Waals surface area (Å²) in [6, 6.07) is 19.4. The van der Waals surface area contributed by atoms with E-state index in [1.807, 2.05) is 48.5 Å². The number of rotatable bonds is 3. The maximum atomic E-state index is 14.1. The molecule has 0 aromatic heterocycles. The lowest BCUT2D eigenvalue weighted by atomic mass is 9.46. The molecule has 0 saturated carbocycles. The third-order valence-corrected chi connectivity index (χ3v) is 7.74. The second-order valence-electron chi connectivity index (χ2n) is 9.28. The van der Waals surface area contributed by atoms with Crippen LogP contribution < -0.4 is 4.90 Å². The number of hydrogen-bond acceptors (Lipinski definition) is 5. The topological polar surface area (TPSA) is 97.6 Å². The van der Waals surface area contributed by atoms with Crippen molar-refractivity contribution in [1.29, 1.82) is 0 Å². The van der Waals surface area contributed by atoms with Gasteiger partial charge in [0.15, 0.2) is 0 Å². The molecule has 4 aliphatic rings. The quantitative estimate of drug-likeness (QED) is 0.339. The molecule has 1 fully saturated rings. The monoisotopic (exact) mass is 452 g/mol. The summed E-state index contributed by atoms with van der Waals surface area (Å²) in [6.45, 7) is 3.17. The zero-order valence-corrected chi connectivity index (χ0v) is 18.5. The van der Waals surface area contributed by atoms with Crippen molar-refractivity contribution in [3.05, 3.63) is 105 Å². The molecule has 1 saturated heterocycles. The van der Waals surface area contributed by atoms with Crippen LogP contribution in [-0.4, -0.2) is 22.5 Å². The number of nitro benzene ring substituents is 1. The Morgan fingerprint density at radius 2 is 1.53 bits per heavy atom. The Bertz CT molecular complexity index is 1410. The number of anilines is 1. The van der Waals surface area contributed by atoms with Crippen molar-refractivity contribution in [3.8, 4) is 0 Å². The van der Waals surface area contributed by atoms with Gasteiger partial charge in [-0.25, -0.2) is 4.90 Å². The largest absolute Gasteiger partial charge is 0.299 e. The fraction of sp³-hybridized carbons (Fsp3) is 0.222. The Kier molecular flexibility index (Phi) is 4.03. The van der Waals surface area contributed by atoms with E-state index in [4.69, 9.17) is 0 Å². The molecule has 0 N–H and O–H groups in total. The first-order valence-electron chi connectivity index (χ1n) is 11.1. The van der Waals surface area contributed by atoms with Crippen LogP contribution in [-0.2, 0) is 19.8 Å². The van der Waals surface area contributed by atoms with Gasteiger partial charge in [-0.1, -0.05) is 54.6 Å². The molecule has 0 spiro atoms. The molecular weight excluding hydrogens is 432 g/mol. The first-order valence-corrected chi connectivity index (χ1v) is 11.1. The summed E-state index contributed by atoms with van der Waals surface area (Å²) in [5.41, 5.74) is 2.17. The minimum absolute atomic E-state index is 0.0498. The number of aryl methyl sites for hydroxylation is 1. The molecule has 34 heavy (non-hydrogen) atoms. The molecule has 7 heteroatoms. The van der Waals surface area contributed by atoms with Crippen LogP contribution in [0.3, 0.4) is 0 Å². The van der Waals surface area contributed by atoms with E-state index in [1.165, 1.54) is 19.1 Å². The van der Waals surface area contributed by atoms with E-state index in [-0.39, 0.29) is 17.2 Å². The van der Waals surface area contributed by atoms with Gasteiger partial charge in [0.05, 0.1) is 22.2 Å². The molecule has 1 aliphatic heterocycles. The SMILES string of the molecule is CC(=O)C12c3ccccc3C(c3ccccc31)[C@H]1C(=O)N(c3ccc(C)cc3[N+](=O)[O-])C(=O)[C@@H]12. The van der Waals surface area contributed by atoms with E-state index < -0.39 is 39.9 Å². The summed E-state index contributed by atoms with van der Waals surface area (Å²) in [5.74, 6) is -3.48. The van der Waals surface area contributed by atoms with Crippen molar-refractivity contribution in [1.82, 2.24) is 0 Å². The van der Waals surface area contributed by atoms with Crippen LogP contribution in [0, 0.1) is 28.9 Å². The fourth-order valence-electron chi connectivity index (χ4n) is 6.58. The van der Waals surface area contributed by atoms with Crippen LogP contribution in [0.15, 0.2) is 66.7 Å². The molecule has 2 amide bonds. The highest BCUT2D eigenvalue weighted by Gasteiger charge is 2.70. The predicted molar refractivity (Wildman–Crippen MR) is 123 cm³/mol. The smallest absolute Gasteiger partial charge is 0.293 e. The van der Waals surface area contributed by atoms with Crippen LogP contribution >= 0.6 is 0 Å². The van der Waals surface area contributed by atoms with E-state index in [1.54, 1.807) is 13.0 Å². The van der Waals surface area contributed by atoms with Gasteiger partial charge in [0.1, 0.15) is 11.5 Å². The van der Waals surface area contributed by atoms with Gasteiger partial charge >= 0.3 is 0 Å². The summed E-state index contributed by atoms with van der Waals surface area (Å²) in [4.78, 5) is 53.8. The maximum Gasteiger partial charge on any atom is 0.293 e. The van der Waals surface area contributed by atoms with Crippen LogP contribution in [0.4, 0.5) is 11.4 Å². The lowest BCUT2D eigenvalue weighted by molar-refractivity contribution is -0.384. The van der Waals surface area contributed by atoms with E-state index in [0.29, 0.717) is 5.56 Å². The van der Waals surface area contributed by atoms with Gasteiger partial charge in [-0.15, -0.1) is 0 Å². The van der Waals surface area contributed by atoms with Crippen molar-refractivity contribution < 1.29 is 19.3 Å². The number of carbonyl (C=O) groups is 3. The molecule has 2 atom stereocenters. The third kappa shape index (κ3) is 2.24. The number of carbonyl (C=O) groups excluding carboxylic acids is 3. The van der Waals surface area contributed by atoms with Gasteiger partial charge in [-0.3, -0.25) is 24.5 Å². The number of hydrogen-bond donors (Lipinski definition) is 0. The predicted octanol–water partition coefficient (Wildman–Crippen LogP) is 4.04. The number of amides is 2. The first-order chi connectivity index (χ1) is 16.3. The van der Waals surface area contributed by atoms with Crippen molar-refractivity contribution >= 4 is 29.0 Å². The summed E-state index contributed by atoms with van der Waals surface area (Å²) < 4.78 is 0. The summed E-state index contributed by atoms with van der Waals surface area (Å²) in [5, 5.41) is 11.8. The Morgan fingerprint density at radius 1 is 0.941 bits per heavy atom. The van der Waals surface area contributed by atoms with Gasteiger partial charge in [0, 0.05) is 12.0 Å². The molecule has 7 rings (SSSR count). The average Bonchev–Trinajstić information content (AvgIpc) is 3.09. The molecule has 3 aliphatic carbocycles. The fourth-order valence-corrected chi connectivity index (χ4v) is 6.58. The van der Waals surface area contributed by atoms with Crippen molar-refractivity contribution in [2.24, 2.45) is 11.8 Å². The van der Waals surface area contributed by atoms with E-state index in [9.17, 15) is 24.5 Å². The molecule has 2 bridgehead atoms. The van der Waals surface area contributed by atoms with Gasteiger partial charge in [-0.2, -0.15) is 0 Å². The van der Waals surface area contributed by atoms with E-state index in [2.05, 4.69) is 0 Å². The molecule has 168 valence electrons. The summed E-state index contributed by atoms with van der Waals surface area (Å²) in [7, 11) is 0. The minimum Gasteiger partial charge on any atom is -0.299 e. The van der Waals surface area contributed by atoms with Crippen LogP contribution in [0.2, 0.25) is 0 Å². The standard InChI is InChI=1S/C27H20N2O5/c1-14-11-12-20(21(13-14)29(33)34)28-25(31)23-22-16-7-3-5-9-18(16)27(15(2)30,24(23)26(28)32)19-10-6-4-8-17(19)22/h3-13,22-24H,1-2H3/t22?,23-,24-,27?/m1/s1. The number of Topliss-reactive ketones (excluding diaryl/α,β-unsaturated/α-hetero) is 1. The Balaban J connectivity index is 1.66. The highest BCUT2D eigenvalue weighted by molar-refractivity contribution is 6.26. The highest BCUT2D eigenvalue weighted by atomic mass is 16.6. The molecule has 3 aromatic carbocycles. The normalized spacial score (nSPS) is 26.2. The van der Waals surface area contributed by atoms with Crippen LogP contribution in [0.25, 0.3) is 0 Å². The molecule has 3 aromatic rings. The lowest BCUT2D eigenvalue weighted by Crippen LogP contribution is -2.57. The van der Waals surface area contributed by atoms with Crippen molar-refractivity contribution in [2.75, 3.05) is 4.90 Å². The van der Waals surface area contributed by atoms with Crippen molar-refractivity contribution in [2.45, 2.75) is 25.2 Å². The highest BCUT2D eigenvalue weighted by Crippen LogP contribution is 2.64. The maximum absolute atomic E-state index is 14.1. The number of imide groups is 1. The van der Waals surface area contributed by atoms with Gasteiger partial charge in [-0.05, 0) is 47.7 Å². The van der Waals surface area contributed by atoms with E-state index >= 15 is 0 Å². The molecular formula is C27H20N2O5. The number of ketones is 1. The zero-order valence-electron chi connectivity index (χ0n) is 18.5. The van der Waals surface area contributed by atoms with Gasteiger partial charge in [0.2, 0.25) is 11.8 Å². The van der Waals surface area contributed by atoms with Crippen LogP contribution in [0.5, 0.6) is 0 Å². The number of nitro groups is 1. The van der Waals surface area contributed by atoms with Gasteiger partial charge < -0.3 is 0 Å². The number of benzene rings is 3. The Labute approximate surface area is 195 Å².